The molecule has 8 heteroatoms. The van der Waals surface area contributed by atoms with Crippen molar-refractivity contribution in [2.24, 2.45) is 5.92 Å². The van der Waals surface area contributed by atoms with Crippen molar-refractivity contribution in [2.45, 2.75) is 46.1 Å². The molecule has 1 saturated heterocycles. The van der Waals surface area contributed by atoms with Gasteiger partial charge in [0.15, 0.2) is 5.65 Å². The number of fused-ring (bicyclic) bond motifs is 3. The number of hydrogen-bond acceptors (Lipinski definition) is 5. The number of rotatable bonds is 5. The lowest BCUT2D eigenvalue weighted by molar-refractivity contribution is -0.151. The van der Waals surface area contributed by atoms with Crippen LogP contribution in [-0.2, 0) is 14.3 Å². The summed E-state index contributed by atoms with van der Waals surface area (Å²) in [6.45, 7) is 7.08. The van der Waals surface area contributed by atoms with Crippen LogP contribution >= 0.6 is 0 Å². The third-order valence-corrected chi connectivity index (χ3v) is 6.08. The third-order valence-electron chi connectivity index (χ3n) is 6.08. The van der Waals surface area contributed by atoms with Crippen LogP contribution in [0.4, 0.5) is 0 Å². The molecule has 0 bridgehead atoms. The van der Waals surface area contributed by atoms with Gasteiger partial charge in [0, 0.05) is 30.2 Å². The van der Waals surface area contributed by atoms with Gasteiger partial charge in [0.1, 0.15) is 6.04 Å². The van der Waals surface area contributed by atoms with Gasteiger partial charge in [0.25, 0.3) is 5.56 Å². The van der Waals surface area contributed by atoms with Crippen LogP contribution in [0.15, 0.2) is 35.1 Å². The minimum absolute atomic E-state index is 0.0190. The molecule has 3 aromatic rings. The van der Waals surface area contributed by atoms with E-state index in [2.05, 4.69) is 4.98 Å². The first-order chi connectivity index (χ1) is 15.0. The van der Waals surface area contributed by atoms with E-state index in [-0.39, 0.29) is 23.4 Å². The van der Waals surface area contributed by atoms with E-state index in [0.717, 1.165) is 16.6 Å². The summed E-state index contributed by atoms with van der Waals surface area (Å²) in [5, 5.41) is 0.843. The smallest absolute Gasteiger partial charge is 0.309 e. The summed E-state index contributed by atoms with van der Waals surface area (Å²) < 4.78 is 8.98. The number of amides is 1. The molecule has 1 aromatic carbocycles. The van der Waals surface area contributed by atoms with Crippen molar-refractivity contribution in [2.75, 3.05) is 19.7 Å². The average Bonchev–Trinajstić information content (AvgIpc) is 3.09. The fourth-order valence-corrected chi connectivity index (χ4v) is 4.57. The monoisotopic (exact) mass is 424 g/mol. The van der Waals surface area contributed by atoms with Crippen LogP contribution < -0.4 is 5.56 Å². The van der Waals surface area contributed by atoms with Gasteiger partial charge < -0.3 is 9.64 Å². The zero-order valence-corrected chi connectivity index (χ0v) is 18.2. The second-order valence-corrected chi connectivity index (χ2v) is 8.01. The molecule has 1 amide bonds. The van der Waals surface area contributed by atoms with Gasteiger partial charge >= 0.3 is 5.97 Å². The SMILES string of the molecule is CCOC(=O)C1CCN(C(=O)C(CC)n2c3ccccc3c3nc(=O)cc(C)n32)CC1. The van der Waals surface area contributed by atoms with Crippen molar-refractivity contribution in [1.29, 1.82) is 0 Å². The van der Waals surface area contributed by atoms with Gasteiger partial charge in [-0.2, -0.15) is 4.98 Å². The molecule has 31 heavy (non-hydrogen) atoms. The van der Waals surface area contributed by atoms with Crippen molar-refractivity contribution in [3.05, 3.63) is 46.4 Å². The molecule has 0 saturated carbocycles. The Morgan fingerprint density at radius 1 is 1.19 bits per heavy atom. The van der Waals surface area contributed by atoms with Crippen molar-refractivity contribution >= 4 is 28.4 Å². The fraction of sp³-hybridized carbons (Fsp3) is 0.478. The third kappa shape index (κ3) is 3.71. The molecule has 1 atom stereocenters. The molecule has 0 radical (unpaired) electrons. The summed E-state index contributed by atoms with van der Waals surface area (Å²) in [7, 11) is 0. The van der Waals surface area contributed by atoms with Gasteiger partial charge in [-0.1, -0.05) is 19.1 Å². The Morgan fingerprint density at radius 2 is 1.90 bits per heavy atom. The van der Waals surface area contributed by atoms with Crippen molar-refractivity contribution in [3.63, 3.8) is 0 Å². The first kappa shape index (κ1) is 21.1. The van der Waals surface area contributed by atoms with E-state index in [1.165, 1.54) is 6.07 Å². The molecule has 0 aliphatic carbocycles. The van der Waals surface area contributed by atoms with Gasteiger partial charge in [-0.15, -0.1) is 0 Å². The summed E-state index contributed by atoms with van der Waals surface area (Å²) >= 11 is 0. The number of hydrogen-bond donors (Lipinski definition) is 0. The number of carbonyl (C=O) groups excluding carboxylic acids is 2. The Morgan fingerprint density at radius 3 is 2.58 bits per heavy atom. The molecule has 1 fully saturated rings. The molecule has 2 aromatic heterocycles. The first-order valence-electron chi connectivity index (χ1n) is 10.9. The summed E-state index contributed by atoms with van der Waals surface area (Å²) in [4.78, 5) is 43.8. The topological polar surface area (TPSA) is 85.9 Å². The first-order valence-corrected chi connectivity index (χ1v) is 10.9. The number of aromatic nitrogens is 3. The second-order valence-electron chi connectivity index (χ2n) is 8.01. The Kier molecular flexibility index (Phi) is 5.80. The lowest BCUT2D eigenvalue weighted by Crippen LogP contribution is -2.44. The van der Waals surface area contributed by atoms with E-state index in [9.17, 15) is 14.4 Å². The molecule has 1 aliphatic heterocycles. The standard InChI is InChI=1S/C23H28N4O4/c1-4-18(22(29)25-12-10-16(11-13-25)23(30)31-5-2)27-19-9-7-6-8-17(19)21-24-20(28)14-15(3)26(21)27/h6-9,14,16,18H,4-5,10-13H2,1-3H3. The van der Waals surface area contributed by atoms with E-state index in [1.54, 1.807) is 6.92 Å². The number of piperidine rings is 1. The molecule has 4 rings (SSSR count). The summed E-state index contributed by atoms with van der Waals surface area (Å²) in [5.41, 5.74) is 1.87. The summed E-state index contributed by atoms with van der Waals surface area (Å²) in [6.07, 6.45) is 1.82. The zero-order chi connectivity index (χ0) is 22.1. The molecule has 1 unspecified atom stereocenters. The average molecular weight is 425 g/mol. The fourth-order valence-electron chi connectivity index (χ4n) is 4.57. The Labute approximate surface area is 180 Å². The highest BCUT2D eigenvalue weighted by Crippen LogP contribution is 2.29. The van der Waals surface area contributed by atoms with E-state index >= 15 is 0 Å². The highest BCUT2D eigenvalue weighted by molar-refractivity contribution is 5.94. The number of likely N-dealkylation sites (tertiary alicyclic amines) is 1. The highest BCUT2D eigenvalue weighted by Gasteiger charge is 2.33. The van der Waals surface area contributed by atoms with E-state index in [0.29, 0.717) is 44.6 Å². The normalized spacial score (nSPS) is 16.0. The Bertz CT molecular complexity index is 1190. The summed E-state index contributed by atoms with van der Waals surface area (Å²) in [6, 6.07) is 8.76. The number of para-hydroxylation sites is 1. The van der Waals surface area contributed by atoms with Crippen LogP contribution in [0.1, 0.15) is 44.8 Å². The minimum atomic E-state index is -0.440. The maximum atomic E-state index is 13.6. The van der Waals surface area contributed by atoms with Crippen LogP contribution in [-0.4, -0.2) is 50.7 Å². The Balaban J connectivity index is 1.70. The maximum Gasteiger partial charge on any atom is 0.309 e. The minimum Gasteiger partial charge on any atom is -0.466 e. The lowest BCUT2D eigenvalue weighted by atomic mass is 9.96. The molecular formula is C23H28N4O4. The molecule has 0 N–H and O–H groups in total. The predicted molar refractivity (Wildman–Crippen MR) is 117 cm³/mol. The van der Waals surface area contributed by atoms with Crippen molar-refractivity contribution in [1.82, 2.24) is 19.1 Å². The van der Waals surface area contributed by atoms with Gasteiger partial charge in [-0.3, -0.25) is 19.1 Å². The van der Waals surface area contributed by atoms with Crippen molar-refractivity contribution in [3.8, 4) is 0 Å². The van der Waals surface area contributed by atoms with Crippen LogP contribution in [0.3, 0.4) is 0 Å². The maximum absolute atomic E-state index is 13.6. The van der Waals surface area contributed by atoms with Gasteiger partial charge in [0.05, 0.1) is 18.0 Å². The quantitative estimate of drug-likeness (QED) is 0.588. The second kappa shape index (κ2) is 8.53. The molecule has 1 aliphatic rings. The number of ether oxygens (including phenoxy) is 1. The van der Waals surface area contributed by atoms with Crippen LogP contribution in [0.2, 0.25) is 0 Å². The molecular weight excluding hydrogens is 396 g/mol. The highest BCUT2D eigenvalue weighted by atomic mass is 16.5. The zero-order valence-electron chi connectivity index (χ0n) is 18.2. The van der Waals surface area contributed by atoms with Crippen molar-refractivity contribution < 1.29 is 14.3 Å². The number of nitrogens with zero attached hydrogens (tertiary/aromatic N) is 4. The number of benzene rings is 1. The molecule has 164 valence electrons. The van der Waals surface area contributed by atoms with E-state index in [4.69, 9.17) is 4.74 Å². The van der Waals surface area contributed by atoms with E-state index < -0.39 is 6.04 Å². The number of aryl methyl sites for hydroxylation is 1. The van der Waals surface area contributed by atoms with Crippen LogP contribution in [0.5, 0.6) is 0 Å². The number of esters is 1. The molecule has 3 heterocycles. The van der Waals surface area contributed by atoms with E-state index in [1.807, 2.05) is 52.2 Å². The molecule has 8 nitrogen and oxygen atoms in total. The van der Waals surface area contributed by atoms with Gasteiger partial charge in [-0.25, -0.2) is 4.52 Å². The number of carbonyl (C=O) groups is 2. The summed E-state index contributed by atoms with van der Waals surface area (Å²) in [5.74, 6) is -0.297. The Hall–Kier alpha value is -3.16. The van der Waals surface area contributed by atoms with Gasteiger partial charge in [0.2, 0.25) is 5.91 Å². The largest absolute Gasteiger partial charge is 0.466 e. The van der Waals surface area contributed by atoms with Crippen LogP contribution in [0, 0.1) is 12.8 Å². The van der Waals surface area contributed by atoms with Crippen LogP contribution in [0.25, 0.3) is 16.6 Å². The lowest BCUT2D eigenvalue weighted by Gasteiger charge is -2.34. The van der Waals surface area contributed by atoms with Gasteiger partial charge in [-0.05, 0) is 45.2 Å². The molecule has 0 spiro atoms. The predicted octanol–water partition coefficient (Wildman–Crippen LogP) is 2.71.